The van der Waals surface area contributed by atoms with E-state index in [0.717, 1.165) is 0 Å². The van der Waals surface area contributed by atoms with Crippen LogP contribution in [-0.4, -0.2) is 26.3 Å². The first-order valence-electron chi connectivity index (χ1n) is 6.57. The average molecular weight is 295 g/mol. The molecule has 1 heterocycles. The van der Waals surface area contributed by atoms with Crippen molar-refractivity contribution in [2.45, 2.75) is 0 Å². The first-order valence-corrected chi connectivity index (χ1v) is 6.57. The molecular formula is C16H13N3O3. The van der Waals surface area contributed by atoms with E-state index in [-0.39, 0.29) is 23.1 Å². The van der Waals surface area contributed by atoms with Crippen LogP contribution in [-0.2, 0) is 0 Å². The van der Waals surface area contributed by atoms with Gasteiger partial charge in [-0.15, -0.1) is 0 Å². The number of phenolic OH excluding ortho intramolecular Hbond substituents is 2. The van der Waals surface area contributed by atoms with Crippen molar-refractivity contribution in [2.24, 2.45) is 0 Å². The number of H-pyrrole nitrogens is 1. The van der Waals surface area contributed by atoms with Gasteiger partial charge in [-0.1, -0.05) is 18.2 Å². The van der Waals surface area contributed by atoms with Crippen LogP contribution in [0.2, 0.25) is 0 Å². The molecule has 0 aliphatic rings. The minimum atomic E-state index is -0.330. The van der Waals surface area contributed by atoms with Crippen molar-refractivity contribution in [1.29, 1.82) is 0 Å². The Labute approximate surface area is 126 Å². The van der Waals surface area contributed by atoms with Crippen molar-refractivity contribution < 1.29 is 15.0 Å². The van der Waals surface area contributed by atoms with Gasteiger partial charge in [0.2, 0.25) is 0 Å². The number of aromatic hydroxyl groups is 2. The van der Waals surface area contributed by atoms with Crippen LogP contribution in [0.5, 0.6) is 11.5 Å². The van der Waals surface area contributed by atoms with E-state index < -0.39 is 0 Å². The Morgan fingerprint density at radius 3 is 2.55 bits per heavy atom. The predicted molar refractivity (Wildman–Crippen MR) is 81.7 cm³/mol. The van der Waals surface area contributed by atoms with Crippen LogP contribution in [0.4, 0.5) is 5.69 Å². The zero-order chi connectivity index (χ0) is 15.5. The number of rotatable bonds is 3. The second-order valence-electron chi connectivity index (χ2n) is 4.69. The van der Waals surface area contributed by atoms with E-state index in [9.17, 15) is 15.0 Å². The van der Waals surface area contributed by atoms with Crippen LogP contribution >= 0.6 is 0 Å². The van der Waals surface area contributed by atoms with Gasteiger partial charge in [0.1, 0.15) is 17.2 Å². The summed E-state index contributed by atoms with van der Waals surface area (Å²) in [7, 11) is 0. The average Bonchev–Trinajstić information content (AvgIpc) is 2.98. The summed E-state index contributed by atoms with van der Waals surface area (Å²) in [6.45, 7) is 0. The van der Waals surface area contributed by atoms with Gasteiger partial charge in [-0.25, -0.2) is 0 Å². The molecule has 0 atom stereocenters. The van der Waals surface area contributed by atoms with E-state index in [2.05, 4.69) is 15.5 Å². The van der Waals surface area contributed by atoms with E-state index in [4.69, 9.17) is 0 Å². The van der Waals surface area contributed by atoms with Gasteiger partial charge in [0, 0.05) is 17.3 Å². The molecule has 110 valence electrons. The number of carbonyl (C=O) groups is 1. The SMILES string of the molecule is O=C(Nc1ccccc1)c1cc(-c2ccc(O)cc2O)n[nH]1. The van der Waals surface area contributed by atoms with Gasteiger partial charge in [-0.05, 0) is 30.3 Å². The summed E-state index contributed by atoms with van der Waals surface area (Å²) in [5.41, 5.74) is 1.78. The van der Waals surface area contributed by atoms with Crippen molar-refractivity contribution in [3.8, 4) is 22.8 Å². The second-order valence-corrected chi connectivity index (χ2v) is 4.69. The quantitative estimate of drug-likeness (QED) is 0.597. The zero-order valence-electron chi connectivity index (χ0n) is 11.4. The Bertz CT molecular complexity index is 813. The molecule has 2 aromatic carbocycles. The lowest BCUT2D eigenvalue weighted by Gasteiger charge is -2.02. The van der Waals surface area contributed by atoms with Crippen molar-refractivity contribution in [3.05, 3.63) is 60.3 Å². The predicted octanol–water partition coefficient (Wildman–Crippen LogP) is 2.74. The molecule has 0 radical (unpaired) electrons. The van der Waals surface area contributed by atoms with Crippen molar-refractivity contribution >= 4 is 11.6 Å². The summed E-state index contributed by atoms with van der Waals surface area (Å²) < 4.78 is 0. The number of carbonyl (C=O) groups excluding carboxylic acids is 1. The molecule has 1 aromatic heterocycles. The first kappa shape index (κ1) is 13.7. The normalized spacial score (nSPS) is 10.4. The molecule has 0 aliphatic carbocycles. The van der Waals surface area contributed by atoms with Gasteiger partial charge >= 0.3 is 0 Å². The minimum Gasteiger partial charge on any atom is -0.508 e. The highest BCUT2D eigenvalue weighted by molar-refractivity contribution is 6.03. The van der Waals surface area contributed by atoms with Gasteiger partial charge in [0.05, 0.1) is 5.69 Å². The van der Waals surface area contributed by atoms with E-state index in [0.29, 0.717) is 16.9 Å². The van der Waals surface area contributed by atoms with Gasteiger partial charge in [0.15, 0.2) is 0 Å². The number of hydrogen-bond donors (Lipinski definition) is 4. The van der Waals surface area contributed by atoms with Gasteiger partial charge in [-0.2, -0.15) is 5.10 Å². The minimum absolute atomic E-state index is 0.0428. The monoisotopic (exact) mass is 295 g/mol. The highest BCUT2D eigenvalue weighted by Crippen LogP contribution is 2.31. The molecule has 0 spiro atoms. The van der Waals surface area contributed by atoms with Crippen LogP contribution in [0.3, 0.4) is 0 Å². The van der Waals surface area contributed by atoms with Crippen molar-refractivity contribution in [1.82, 2.24) is 10.2 Å². The number of phenols is 2. The summed E-state index contributed by atoms with van der Waals surface area (Å²) in [5, 5.41) is 28.5. The topological polar surface area (TPSA) is 98.2 Å². The second kappa shape index (κ2) is 5.61. The van der Waals surface area contributed by atoms with E-state index >= 15 is 0 Å². The molecule has 0 fully saturated rings. The lowest BCUT2D eigenvalue weighted by atomic mass is 10.1. The fourth-order valence-corrected chi connectivity index (χ4v) is 2.03. The summed E-state index contributed by atoms with van der Waals surface area (Å²) >= 11 is 0. The van der Waals surface area contributed by atoms with Crippen LogP contribution in [0, 0.1) is 0 Å². The standard InChI is InChI=1S/C16H13N3O3/c20-11-6-7-12(15(21)8-11)13-9-14(19-18-13)16(22)17-10-4-2-1-3-5-10/h1-9,20-21H,(H,17,22)(H,18,19). The number of benzene rings is 2. The van der Waals surface area contributed by atoms with Crippen molar-refractivity contribution in [2.75, 3.05) is 5.32 Å². The maximum Gasteiger partial charge on any atom is 0.273 e. The molecule has 0 saturated heterocycles. The Morgan fingerprint density at radius 1 is 1.05 bits per heavy atom. The van der Waals surface area contributed by atoms with Crippen LogP contribution in [0.25, 0.3) is 11.3 Å². The Morgan fingerprint density at radius 2 is 1.82 bits per heavy atom. The number of aromatic amines is 1. The smallest absolute Gasteiger partial charge is 0.273 e. The maximum absolute atomic E-state index is 12.1. The number of nitrogens with one attached hydrogen (secondary N) is 2. The highest BCUT2D eigenvalue weighted by Gasteiger charge is 2.13. The van der Waals surface area contributed by atoms with E-state index in [1.165, 1.54) is 24.3 Å². The molecular weight excluding hydrogens is 282 g/mol. The highest BCUT2D eigenvalue weighted by atomic mass is 16.3. The fourth-order valence-electron chi connectivity index (χ4n) is 2.03. The molecule has 1 amide bonds. The largest absolute Gasteiger partial charge is 0.508 e. The number of nitrogens with zero attached hydrogens (tertiary/aromatic N) is 1. The summed E-state index contributed by atoms with van der Waals surface area (Å²) in [5.74, 6) is -0.483. The number of para-hydroxylation sites is 1. The van der Waals surface area contributed by atoms with Crippen LogP contribution in [0.15, 0.2) is 54.6 Å². The Hall–Kier alpha value is -3.28. The number of hydrogen-bond acceptors (Lipinski definition) is 4. The molecule has 0 aliphatic heterocycles. The summed E-state index contributed by atoms with van der Waals surface area (Å²) in [6, 6.07) is 14.8. The fraction of sp³-hybridized carbons (Fsp3) is 0. The Kier molecular flexibility index (Phi) is 3.49. The number of anilines is 1. The van der Waals surface area contributed by atoms with E-state index in [1.54, 1.807) is 12.1 Å². The molecule has 3 rings (SSSR count). The van der Waals surface area contributed by atoms with Crippen LogP contribution in [0.1, 0.15) is 10.5 Å². The maximum atomic E-state index is 12.1. The molecule has 4 N–H and O–H groups in total. The number of aromatic nitrogens is 2. The molecule has 6 nitrogen and oxygen atoms in total. The molecule has 6 heteroatoms. The molecule has 3 aromatic rings. The van der Waals surface area contributed by atoms with Crippen LogP contribution < -0.4 is 5.32 Å². The molecule has 0 unspecified atom stereocenters. The lowest BCUT2D eigenvalue weighted by molar-refractivity contribution is 0.102. The van der Waals surface area contributed by atoms with Gasteiger partial charge < -0.3 is 15.5 Å². The molecule has 0 bridgehead atoms. The lowest BCUT2D eigenvalue weighted by Crippen LogP contribution is -2.12. The van der Waals surface area contributed by atoms with Gasteiger partial charge in [-0.3, -0.25) is 9.89 Å². The first-order chi connectivity index (χ1) is 10.6. The third kappa shape index (κ3) is 2.76. The molecule has 0 saturated carbocycles. The third-order valence-electron chi connectivity index (χ3n) is 3.11. The zero-order valence-corrected chi connectivity index (χ0v) is 11.4. The van der Waals surface area contributed by atoms with Crippen molar-refractivity contribution in [3.63, 3.8) is 0 Å². The summed E-state index contributed by atoms with van der Waals surface area (Å²) in [4.78, 5) is 12.1. The van der Waals surface area contributed by atoms with Gasteiger partial charge in [0.25, 0.3) is 5.91 Å². The summed E-state index contributed by atoms with van der Waals surface area (Å²) in [6.07, 6.45) is 0. The third-order valence-corrected chi connectivity index (χ3v) is 3.11. The Balaban J connectivity index is 1.83. The van der Waals surface area contributed by atoms with E-state index in [1.807, 2.05) is 18.2 Å². The number of amides is 1. The molecule has 22 heavy (non-hydrogen) atoms.